The molecular formula is CH3Cl4MoN2-. The Morgan fingerprint density at radius 1 is 1.25 bits per heavy atom. The summed E-state index contributed by atoms with van der Waals surface area (Å²) in [6, 6.07) is 0. The first-order valence-corrected chi connectivity index (χ1v) is 11.5. The summed E-state index contributed by atoms with van der Waals surface area (Å²) in [7, 11) is 20.1. The van der Waals surface area contributed by atoms with Gasteiger partial charge in [0.1, 0.15) is 0 Å². The predicted molar refractivity (Wildman–Crippen MR) is 35.3 cm³/mol. The zero-order valence-electron chi connectivity index (χ0n) is 3.50. The van der Waals surface area contributed by atoms with E-state index in [9.17, 15) is 0 Å². The molecule has 3 N–H and O–H groups in total. The molecule has 0 aliphatic heterocycles. The van der Waals surface area contributed by atoms with E-state index < -0.39 is 11.9 Å². The quantitative estimate of drug-likeness (QED) is 0.231. The average Bonchev–Trinajstić information content (AvgIpc) is 1.27. The Labute approximate surface area is 66.6 Å². The van der Waals surface area contributed by atoms with Crippen molar-refractivity contribution in [2.75, 3.05) is 0 Å². The van der Waals surface area contributed by atoms with Gasteiger partial charge in [-0.2, -0.15) is 0 Å². The maximum absolute atomic E-state index is 5.74. The first kappa shape index (κ1) is 12.0. The molecule has 52 valence electrons. The van der Waals surface area contributed by atoms with Gasteiger partial charge in [-0.3, -0.25) is 0 Å². The van der Waals surface area contributed by atoms with Gasteiger partial charge in [0, 0.05) is 0 Å². The van der Waals surface area contributed by atoms with Crippen molar-refractivity contribution in [2.45, 2.75) is 0 Å². The summed E-state index contributed by atoms with van der Waals surface area (Å²) >= 11 is -3.13. The Morgan fingerprint density at radius 2 is 1.25 bits per heavy atom. The van der Waals surface area contributed by atoms with Crippen molar-refractivity contribution in [1.29, 1.82) is 5.41 Å². The van der Waals surface area contributed by atoms with Crippen LogP contribution in [0.1, 0.15) is 0 Å². The molecule has 0 saturated heterocycles. The van der Waals surface area contributed by atoms with E-state index in [2.05, 4.69) is 5.73 Å². The molecular weight excluding hydrogens is 278 g/mol. The molecule has 0 aliphatic rings. The van der Waals surface area contributed by atoms with Crippen LogP contribution in [0, 0.1) is 5.41 Å². The van der Waals surface area contributed by atoms with Crippen LogP contribution in [-0.2, 0) is 11.9 Å². The third kappa shape index (κ3) is 168. The third-order valence-electron chi connectivity index (χ3n) is 0. The fraction of sp³-hybridized carbons (Fsp3) is 0. The second-order valence-electron chi connectivity index (χ2n) is 0.494. The van der Waals surface area contributed by atoms with Gasteiger partial charge in [0.2, 0.25) is 0 Å². The van der Waals surface area contributed by atoms with Gasteiger partial charge in [-0.1, -0.05) is 0 Å². The second kappa shape index (κ2) is 6.44. The van der Waals surface area contributed by atoms with Crippen LogP contribution in [0.4, 0.5) is 0 Å². The van der Waals surface area contributed by atoms with Crippen molar-refractivity contribution in [2.24, 2.45) is 5.73 Å². The number of hydrogen-bond acceptors (Lipinski definition) is 1. The SMILES string of the molecule is N=[C-]N.[Cl][Mo]([Cl])([Cl])[Cl]. The van der Waals surface area contributed by atoms with Gasteiger partial charge in [-0.25, -0.2) is 0 Å². The molecule has 0 aromatic heterocycles. The molecule has 0 radical (unpaired) electrons. The number of halogens is 4. The Bertz CT molecular complexity index is 53.5. The van der Waals surface area contributed by atoms with Crippen LogP contribution in [0.15, 0.2) is 0 Å². The third-order valence-corrected chi connectivity index (χ3v) is 0. The van der Waals surface area contributed by atoms with Crippen LogP contribution in [0.5, 0.6) is 0 Å². The first-order chi connectivity index (χ1) is 3.41. The topological polar surface area (TPSA) is 49.9 Å². The summed E-state index contributed by atoms with van der Waals surface area (Å²) in [5.74, 6) is 0. The van der Waals surface area contributed by atoms with Gasteiger partial charge in [0.25, 0.3) is 0 Å². The Hall–Kier alpha value is 1.32. The molecule has 7 heteroatoms. The number of nitrogens with one attached hydrogen (secondary N) is 1. The van der Waals surface area contributed by atoms with Crippen LogP contribution >= 0.6 is 37.7 Å². The van der Waals surface area contributed by atoms with Crippen molar-refractivity contribution in [3.8, 4) is 0 Å². The fourth-order valence-electron chi connectivity index (χ4n) is 0. The normalized spacial score (nSPS) is 11.0. The van der Waals surface area contributed by atoms with Crippen LogP contribution in [0.25, 0.3) is 0 Å². The summed E-state index contributed by atoms with van der Waals surface area (Å²) in [5, 5.41) is 5.74. The summed E-state index contributed by atoms with van der Waals surface area (Å²) in [6.07, 6.45) is 1.50. The zero-order chi connectivity index (χ0) is 7.21. The van der Waals surface area contributed by atoms with Crippen molar-refractivity contribution in [3.63, 3.8) is 0 Å². The number of hydrogen-bond donors (Lipinski definition) is 2. The van der Waals surface area contributed by atoms with E-state index >= 15 is 0 Å². The van der Waals surface area contributed by atoms with Crippen molar-refractivity contribution in [3.05, 3.63) is 0 Å². The summed E-state index contributed by atoms with van der Waals surface area (Å²) in [5.41, 5.74) is 4.26. The first-order valence-electron chi connectivity index (χ1n) is 1.16. The van der Waals surface area contributed by atoms with Crippen molar-refractivity contribution < 1.29 is 11.9 Å². The van der Waals surface area contributed by atoms with Gasteiger partial charge in [0.15, 0.2) is 0 Å². The van der Waals surface area contributed by atoms with Crippen LogP contribution in [0.3, 0.4) is 0 Å². The van der Waals surface area contributed by atoms with Crippen molar-refractivity contribution in [1.82, 2.24) is 0 Å². The predicted octanol–water partition coefficient (Wildman–Crippen LogP) is 2.18. The minimum absolute atomic E-state index is 1.50. The van der Waals surface area contributed by atoms with Crippen LogP contribution < -0.4 is 5.73 Å². The molecule has 0 aromatic rings. The van der Waals surface area contributed by atoms with E-state index in [0.29, 0.717) is 0 Å². The molecule has 0 fully saturated rings. The molecule has 8 heavy (non-hydrogen) atoms. The van der Waals surface area contributed by atoms with Gasteiger partial charge < -0.3 is 17.5 Å². The van der Waals surface area contributed by atoms with E-state index in [4.69, 9.17) is 43.1 Å². The molecule has 0 unspecified atom stereocenters. The Balaban J connectivity index is 0. The van der Waals surface area contributed by atoms with Gasteiger partial charge in [-0.15, -0.1) is 0 Å². The number of nitrogens with two attached hydrogens (primary N) is 1. The summed E-state index contributed by atoms with van der Waals surface area (Å²) < 4.78 is 0. The average molecular weight is 281 g/mol. The van der Waals surface area contributed by atoms with E-state index in [-0.39, 0.29) is 0 Å². The molecule has 2 nitrogen and oxygen atoms in total. The molecule has 0 atom stereocenters. The van der Waals surface area contributed by atoms with E-state index in [0.717, 1.165) is 0 Å². The van der Waals surface area contributed by atoms with Crippen LogP contribution in [0.2, 0.25) is 0 Å². The molecule has 0 spiro atoms. The Morgan fingerprint density at radius 3 is 1.25 bits per heavy atom. The number of rotatable bonds is 0. The fourth-order valence-corrected chi connectivity index (χ4v) is 0. The summed E-state index contributed by atoms with van der Waals surface area (Å²) in [6.45, 7) is 0. The van der Waals surface area contributed by atoms with Crippen LogP contribution in [-0.4, -0.2) is 6.34 Å². The molecule has 0 heterocycles. The van der Waals surface area contributed by atoms with E-state index in [1.165, 1.54) is 6.34 Å². The van der Waals surface area contributed by atoms with Gasteiger partial charge in [0.05, 0.1) is 0 Å². The van der Waals surface area contributed by atoms with Crippen molar-refractivity contribution >= 4 is 44.0 Å². The zero-order valence-corrected chi connectivity index (χ0v) is 8.53. The summed E-state index contributed by atoms with van der Waals surface area (Å²) in [4.78, 5) is 0. The van der Waals surface area contributed by atoms with E-state index in [1.54, 1.807) is 0 Å². The molecule has 0 rings (SSSR count). The molecule has 0 bridgehead atoms. The molecule has 0 amide bonds. The van der Waals surface area contributed by atoms with Gasteiger partial charge in [-0.05, 0) is 0 Å². The standard InChI is InChI=1S/CH3N2.4ClH.Mo/c2-1-3;;;;;/h(H3,2,3);4*1H;/q-1;;;;;+4/p-4. The molecule has 0 saturated carbocycles. The molecule has 0 aliphatic carbocycles. The molecule has 0 aromatic carbocycles. The Kier molecular flexibility index (Phi) is 9.69. The van der Waals surface area contributed by atoms with E-state index in [1.807, 2.05) is 0 Å². The minimum atomic E-state index is -3.13. The monoisotopic (exact) mass is 281 g/mol. The van der Waals surface area contributed by atoms with Gasteiger partial charge >= 0.3 is 49.6 Å². The maximum atomic E-state index is 5.74. The second-order valence-corrected chi connectivity index (χ2v) is 18.8.